The number of hydrogen-bond donors (Lipinski definition) is 1. The number of aromatic nitrogens is 1. The third-order valence-electron chi connectivity index (χ3n) is 7.42. The average Bonchev–Trinajstić information content (AvgIpc) is 3.60. The predicted molar refractivity (Wildman–Crippen MR) is 148 cm³/mol. The van der Waals surface area contributed by atoms with Crippen molar-refractivity contribution in [2.45, 2.75) is 51.6 Å². The van der Waals surface area contributed by atoms with Gasteiger partial charge in [0.15, 0.2) is 0 Å². The van der Waals surface area contributed by atoms with Crippen molar-refractivity contribution < 1.29 is 50.2 Å². The molecule has 2 heterocycles. The number of aryl methyl sites for hydroxylation is 2. The van der Waals surface area contributed by atoms with E-state index < -0.39 is 40.9 Å². The Morgan fingerprint density at radius 1 is 0.911 bits per heavy atom. The summed E-state index contributed by atoms with van der Waals surface area (Å²) in [7, 11) is 0. The summed E-state index contributed by atoms with van der Waals surface area (Å²) in [6, 6.07) is 13.3. The SMILES string of the molecule is Cc1oc(-c2ccccc2)nc1CCOc1ccc(CCC(=O)O)c2c1CN(C(=O)c1cc(C(F)(F)F)cc(C(F)(F)F)c1)C2. The lowest BCUT2D eigenvalue weighted by atomic mass is 9.99. The molecule has 7 nitrogen and oxygen atoms in total. The number of benzene rings is 3. The maximum atomic E-state index is 13.4. The van der Waals surface area contributed by atoms with Gasteiger partial charge in [-0.15, -0.1) is 0 Å². The quantitative estimate of drug-likeness (QED) is 0.192. The van der Waals surface area contributed by atoms with Crippen molar-refractivity contribution in [2.75, 3.05) is 6.61 Å². The zero-order chi connectivity index (χ0) is 32.5. The van der Waals surface area contributed by atoms with Crippen molar-refractivity contribution in [1.82, 2.24) is 9.88 Å². The molecule has 1 aliphatic rings. The van der Waals surface area contributed by atoms with Gasteiger partial charge in [-0.25, -0.2) is 4.98 Å². The Labute approximate surface area is 253 Å². The van der Waals surface area contributed by atoms with Gasteiger partial charge in [0, 0.05) is 36.1 Å². The number of oxazole rings is 1. The average molecular weight is 633 g/mol. The summed E-state index contributed by atoms with van der Waals surface area (Å²) >= 11 is 0. The molecule has 0 atom stereocenters. The maximum Gasteiger partial charge on any atom is 0.416 e. The van der Waals surface area contributed by atoms with E-state index in [2.05, 4.69) is 4.98 Å². The number of carboxylic acid groups (broad SMARTS) is 1. The van der Waals surface area contributed by atoms with E-state index in [9.17, 15) is 41.0 Å². The van der Waals surface area contributed by atoms with E-state index in [0.29, 0.717) is 58.3 Å². The van der Waals surface area contributed by atoms with E-state index in [4.69, 9.17) is 9.15 Å². The summed E-state index contributed by atoms with van der Waals surface area (Å²) in [6.45, 7) is 1.59. The van der Waals surface area contributed by atoms with Crippen LogP contribution < -0.4 is 4.74 Å². The second-order valence-electron chi connectivity index (χ2n) is 10.5. The molecule has 0 fully saturated rings. The van der Waals surface area contributed by atoms with E-state index in [1.54, 1.807) is 19.1 Å². The van der Waals surface area contributed by atoms with Crippen molar-refractivity contribution in [3.8, 4) is 17.2 Å². The second-order valence-corrected chi connectivity index (χ2v) is 10.5. The first-order chi connectivity index (χ1) is 21.2. The van der Waals surface area contributed by atoms with Crippen LogP contribution >= 0.6 is 0 Å². The third-order valence-corrected chi connectivity index (χ3v) is 7.42. The molecular weight excluding hydrogens is 606 g/mol. The molecule has 0 spiro atoms. The van der Waals surface area contributed by atoms with Crippen LogP contribution in [0.5, 0.6) is 5.75 Å². The van der Waals surface area contributed by atoms with Crippen LogP contribution in [-0.2, 0) is 43.1 Å². The third kappa shape index (κ3) is 7.13. The number of carboxylic acids is 1. The minimum Gasteiger partial charge on any atom is -0.493 e. The van der Waals surface area contributed by atoms with Gasteiger partial charge in [0.05, 0.1) is 30.0 Å². The Morgan fingerprint density at radius 3 is 2.18 bits per heavy atom. The minimum atomic E-state index is -5.11. The van der Waals surface area contributed by atoms with E-state index in [-0.39, 0.29) is 38.6 Å². The van der Waals surface area contributed by atoms with Gasteiger partial charge >= 0.3 is 18.3 Å². The number of nitrogens with zero attached hydrogens (tertiary/aromatic N) is 2. The van der Waals surface area contributed by atoms with Gasteiger partial charge in [-0.1, -0.05) is 24.3 Å². The number of carbonyl (C=O) groups excluding carboxylic acids is 1. The Kier molecular flexibility index (Phi) is 8.63. The molecule has 236 valence electrons. The van der Waals surface area contributed by atoms with Gasteiger partial charge in [0.1, 0.15) is 11.5 Å². The summed E-state index contributed by atoms with van der Waals surface area (Å²) < 4.78 is 92.4. The van der Waals surface area contributed by atoms with Crippen molar-refractivity contribution in [2.24, 2.45) is 0 Å². The highest BCUT2D eigenvalue weighted by Crippen LogP contribution is 2.39. The Hall–Kier alpha value is -4.81. The molecule has 0 bridgehead atoms. The van der Waals surface area contributed by atoms with E-state index in [1.807, 2.05) is 30.3 Å². The fourth-order valence-corrected chi connectivity index (χ4v) is 5.17. The molecule has 3 aromatic carbocycles. The zero-order valence-corrected chi connectivity index (χ0v) is 23.8. The Morgan fingerprint density at radius 2 is 1.56 bits per heavy atom. The predicted octanol–water partition coefficient (Wildman–Crippen LogP) is 7.48. The fraction of sp³-hybridized carbons (Fsp3) is 0.281. The lowest BCUT2D eigenvalue weighted by Crippen LogP contribution is -2.26. The van der Waals surface area contributed by atoms with E-state index in [1.165, 1.54) is 0 Å². The number of aliphatic carboxylic acids is 1. The lowest BCUT2D eigenvalue weighted by molar-refractivity contribution is -0.143. The van der Waals surface area contributed by atoms with Crippen LogP contribution in [0.2, 0.25) is 0 Å². The molecule has 45 heavy (non-hydrogen) atoms. The number of fused-ring (bicyclic) bond motifs is 1. The molecule has 0 unspecified atom stereocenters. The summed E-state index contributed by atoms with van der Waals surface area (Å²) in [5.74, 6) is -0.697. The van der Waals surface area contributed by atoms with Gasteiger partial charge in [0.25, 0.3) is 5.91 Å². The largest absolute Gasteiger partial charge is 0.493 e. The topological polar surface area (TPSA) is 92.9 Å². The van der Waals surface area contributed by atoms with Gasteiger partial charge < -0.3 is 19.2 Å². The minimum absolute atomic E-state index is 0.0368. The lowest BCUT2D eigenvalue weighted by Gasteiger charge is -2.19. The number of hydrogen-bond acceptors (Lipinski definition) is 5. The number of amides is 1. The molecule has 0 radical (unpaired) electrons. The first-order valence-electron chi connectivity index (χ1n) is 13.8. The normalized spacial score (nSPS) is 13.2. The van der Waals surface area contributed by atoms with Crippen molar-refractivity contribution in [1.29, 1.82) is 0 Å². The monoisotopic (exact) mass is 632 g/mol. The molecule has 4 aromatic rings. The molecule has 1 N–H and O–H groups in total. The van der Waals surface area contributed by atoms with Crippen molar-refractivity contribution in [3.63, 3.8) is 0 Å². The molecule has 1 amide bonds. The molecule has 0 saturated carbocycles. The number of rotatable bonds is 9. The Balaban J connectivity index is 1.39. The van der Waals surface area contributed by atoms with E-state index >= 15 is 0 Å². The van der Waals surface area contributed by atoms with Crippen LogP contribution in [0.3, 0.4) is 0 Å². The van der Waals surface area contributed by atoms with Gasteiger partial charge in [-0.2, -0.15) is 26.3 Å². The first kappa shape index (κ1) is 31.6. The smallest absolute Gasteiger partial charge is 0.416 e. The summed E-state index contributed by atoms with van der Waals surface area (Å²) in [5.41, 5.74) is -0.888. The highest BCUT2D eigenvalue weighted by atomic mass is 19.4. The highest BCUT2D eigenvalue weighted by Gasteiger charge is 2.38. The number of alkyl halides is 6. The van der Waals surface area contributed by atoms with Crippen LogP contribution in [0.4, 0.5) is 26.3 Å². The second kappa shape index (κ2) is 12.3. The standard InChI is InChI=1S/C32H26F6N2O5/c1-18-26(39-29(45-18)20-5-3-2-4-6-20)11-12-44-27-9-7-19(8-10-28(41)42)24-16-40(17-25(24)27)30(43)21-13-22(31(33,34)35)15-23(14-21)32(36,37)38/h2-7,9,13-15H,8,10-12,16-17H2,1H3,(H,41,42). The summed E-state index contributed by atoms with van der Waals surface area (Å²) in [4.78, 5) is 30.2. The highest BCUT2D eigenvalue weighted by molar-refractivity contribution is 5.95. The molecular formula is C32H26F6N2O5. The van der Waals surface area contributed by atoms with Crippen LogP contribution in [0.25, 0.3) is 11.5 Å². The number of ether oxygens (including phenoxy) is 1. The van der Waals surface area contributed by atoms with Gasteiger partial charge in [-0.05, 0) is 60.9 Å². The fourth-order valence-electron chi connectivity index (χ4n) is 5.17. The molecule has 0 aliphatic carbocycles. The molecule has 13 heteroatoms. The van der Waals surface area contributed by atoms with Crippen molar-refractivity contribution in [3.05, 3.63) is 105 Å². The molecule has 1 aromatic heterocycles. The van der Waals surface area contributed by atoms with Crippen LogP contribution in [0.1, 0.15) is 56.1 Å². The van der Waals surface area contributed by atoms with Crippen LogP contribution in [0.15, 0.2) is 65.1 Å². The van der Waals surface area contributed by atoms with Crippen LogP contribution in [-0.4, -0.2) is 33.5 Å². The molecule has 0 saturated heterocycles. The first-order valence-corrected chi connectivity index (χ1v) is 13.8. The van der Waals surface area contributed by atoms with Crippen LogP contribution in [0, 0.1) is 6.92 Å². The Bertz CT molecular complexity index is 1700. The van der Waals surface area contributed by atoms with Crippen molar-refractivity contribution >= 4 is 11.9 Å². The number of carbonyl (C=O) groups is 2. The van der Waals surface area contributed by atoms with Gasteiger partial charge in [0.2, 0.25) is 5.89 Å². The van der Waals surface area contributed by atoms with E-state index in [0.717, 1.165) is 10.5 Å². The molecule has 1 aliphatic heterocycles. The molecule has 5 rings (SSSR count). The summed E-state index contributed by atoms with van der Waals surface area (Å²) in [5, 5.41) is 9.18. The zero-order valence-electron chi connectivity index (χ0n) is 23.8. The van der Waals surface area contributed by atoms with Gasteiger partial charge in [-0.3, -0.25) is 9.59 Å². The number of halogens is 6. The maximum absolute atomic E-state index is 13.4. The summed E-state index contributed by atoms with van der Waals surface area (Å²) in [6.07, 6.45) is -10.00.